The number of hydrogen-bond donors (Lipinski definition) is 3. The number of carbonyl (C=O) groups is 1. The summed E-state index contributed by atoms with van der Waals surface area (Å²) in [4.78, 5) is 15.2. The lowest BCUT2D eigenvalue weighted by Gasteiger charge is -2.08. The van der Waals surface area contributed by atoms with Gasteiger partial charge in [0.05, 0.1) is 23.5 Å². The molecule has 6 heteroatoms. The van der Waals surface area contributed by atoms with Crippen molar-refractivity contribution in [2.75, 3.05) is 11.1 Å². The fourth-order valence-electron chi connectivity index (χ4n) is 1.50. The third kappa shape index (κ3) is 2.78. The van der Waals surface area contributed by atoms with E-state index in [-0.39, 0.29) is 5.56 Å². The molecule has 0 saturated heterocycles. The maximum absolute atomic E-state index is 10.9. The van der Waals surface area contributed by atoms with Crippen molar-refractivity contribution in [2.24, 2.45) is 0 Å². The molecule has 0 aliphatic rings. The lowest BCUT2D eigenvalue weighted by atomic mass is 10.1. The maximum atomic E-state index is 10.9. The quantitative estimate of drug-likeness (QED) is 0.737. The van der Waals surface area contributed by atoms with E-state index in [1.807, 2.05) is 12.3 Å². The second-order valence-electron chi connectivity index (χ2n) is 3.84. The summed E-state index contributed by atoms with van der Waals surface area (Å²) < 4.78 is 0. The van der Waals surface area contributed by atoms with Crippen molar-refractivity contribution in [3.63, 3.8) is 0 Å². The van der Waals surface area contributed by atoms with Crippen LogP contribution in [0.15, 0.2) is 23.6 Å². The summed E-state index contributed by atoms with van der Waals surface area (Å²) in [6.45, 7) is 2.46. The summed E-state index contributed by atoms with van der Waals surface area (Å²) in [7, 11) is 0. The van der Waals surface area contributed by atoms with E-state index in [2.05, 4.69) is 10.3 Å². The Labute approximate surface area is 108 Å². The van der Waals surface area contributed by atoms with Crippen molar-refractivity contribution < 1.29 is 9.90 Å². The summed E-state index contributed by atoms with van der Waals surface area (Å²) in [5.41, 5.74) is 8.11. The lowest BCUT2D eigenvalue weighted by Crippen LogP contribution is -2.05. The first-order valence-corrected chi connectivity index (χ1v) is 6.22. The first-order chi connectivity index (χ1) is 8.56. The molecule has 0 saturated carbocycles. The van der Waals surface area contributed by atoms with Gasteiger partial charge in [0.2, 0.25) is 0 Å². The Balaban J connectivity index is 2.13. The average Bonchev–Trinajstić information content (AvgIpc) is 2.74. The molecule has 1 aromatic carbocycles. The molecule has 0 bridgehead atoms. The molecule has 18 heavy (non-hydrogen) atoms. The topological polar surface area (TPSA) is 88.2 Å². The largest absolute Gasteiger partial charge is 0.478 e. The van der Waals surface area contributed by atoms with E-state index in [1.165, 1.54) is 12.1 Å². The number of aryl methyl sites for hydroxylation is 1. The number of carboxylic acid groups (broad SMARTS) is 1. The van der Waals surface area contributed by atoms with Crippen LogP contribution in [0.1, 0.15) is 21.1 Å². The highest BCUT2D eigenvalue weighted by Crippen LogP contribution is 2.21. The summed E-state index contributed by atoms with van der Waals surface area (Å²) in [5.74, 6) is -0.969. The first-order valence-electron chi connectivity index (χ1n) is 5.34. The number of carboxylic acids is 1. The summed E-state index contributed by atoms with van der Waals surface area (Å²) in [6, 6.07) is 4.59. The minimum Gasteiger partial charge on any atom is -0.478 e. The zero-order valence-corrected chi connectivity index (χ0v) is 10.6. The number of benzene rings is 1. The van der Waals surface area contributed by atoms with Crippen LogP contribution in [-0.2, 0) is 6.54 Å². The van der Waals surface area contributed by atoms with Gasteiger partial charge in [-0.3, -0.25) is 0 Å². The smallest absolute Gasteiger partial charge is 0.335 e. The Kier molecular flexibility index (Phi) is 3.47. The van der Waals surface area contributed by atoms with Gasteiger partial charge in [-0.25, -0.2) is 9.78 Å². The van der Waals surface area contributed by atoms with Crippen LogP contribution in [0.5, 0.6) is 0 Å². The standard InChI is InChI=1S/C12H13N3O2S/c1-7-6-18-11(15-7)5-14-10-4-8(12(16)17)2-3-9(10)13/h2-4,6,14H,5,13H2,1H3,(H,16,17). The Morgan fingerprint density at radius 1 is 1.56 bits per heavy atom. The highest BCUT2D eigenvalue weighted by Gasteiger charge is 2.07. The molecular weight excluding hydrogens is 250 g/mol. The van der Waals surface area contributed by atoms with Crippen LogP contribution in [0.2, 0.25) is 0 Å². The van der Waals surface area contributed by atoms with E-state index in [0.717, 1.165) is 10.7 Å². The monoisotopic (exact) mass is 263 g/mol. The number of thiazole rings is 1. The molecule has 0 amide bonds. The summed E-state index contributed by atoms with van der Waals surface area (Å²) in [5, 5.41) is 14.9. The Morgan fingerprint density at radius 2 is 2.33 bits per heavy atom. The second kappa shape index (κ2) is 5.05. The fourth-order valence-corrected chi connectivity index (χ4v) is 2.21. The Morgan fingerprint density at radius 3 is 2.94 bits per heavy atom. The highest BCUT2D eigenvalue weighted by molar-refractivity contribution is 7.09. The van der Waals surface area contributed by atoms with Gasteiger partial charge in [-0.2, -0.15) is 0 Å². The lowest BCUT2D eigenvalue weighted by molar-refractivity contribution is 0.0697. The molecule has 2 aromatic rings. The SMILES string of the molecule is Cc1csc(CNc2cc(C(=O)O)ccc2N)n1. The van der Waals surface area contributed by atoms with Crippen LogP contribution >= 0.6 is 11.3 Å². The molecule has 0 fully saturated rings. The molecule has 1 aromatic heterocycles. The van der Waals surface area contributed by atoms with Gasteiger partial charge in [0.15, 0.2) is 0 Å². The first kappa shape index (κ1) is 12.4. The van der Waals surface area contributed by atoms with E-state index >= 15 is 0 Å². The van der Waals surface area contributed by atoms with Gasteiger partial charge in [-0.1, -0.05) is 0 Å². The van der Waals surface area contributed by atoms with Crippen molar-refractivity contribution in [2.45, 2.75) is 13.5 Å². The zero-order chi connectivity index (χ0) is 13.1. The Bertz CT molecular complexity index is 580. The number of aromatic carboxylic acids is 1. The van der Waals surface area contributed by atoms with Crippen LogP contribution in [0.3, 0.4) is 0 Å². The number of rotatable bonds is 4. The molecule has 94 valence electrons. The van der Waals surface area contributed by atoms with Gasteiger partial charge < -0.3 is 16.2 Å². The van der Waals surface area contributed by atoms with E-state index in [1.54, 1.807) is 17.4 Å². The summed E-state index contributed by atoms with van der Waals surface area (Å²) >= 11 is 1.55. The van der Waals surface area contributed by atoms with Gasteiger partial charge >= 0.3 is 5.97 Å². The molecule has 0 radical (unpaired) electrons. The van der Waals surface area contributed by atoms with Crippen LogP contribution in [-0.4, -0.2) is 16.1 Å². The minimum absolute atomic E-state index is 0.210. The van der Waals surface area contributed by atoms with E-state index < -0.39 is 5.97 Å². The van der Waals surface area contributed by atoms with Crippen LogP contribution in [0.25, 0.3) is 0 Å². The Hall–Kier alpha value is -2.08. The predicted octanol–water partition coefficient (Wildman–Crippen LogP) is 2.34. The van der Waals surface area contributed by atoms with E-state index in [0.29, 0.717) is 17.9 Å². The van der Waals surface area contributed by atoms with Crippen molar-refractivity contribution in [1.82, 2.24) is 4.98 Å². The van der Waals surface area contributed by atoms with Crippen LogP contribution in [0, 0.1) is 6.92 Å². The van der Waals surface area contributed by atoms with Crippen molar-refractivity contribution in [3.8, 4) is 0 Å². The van der Waals surface area contributed by atoms with E-state index in [9.17, 15) is 4.79 Å². The molecule has 0 aliphatic carbocycles. The third-order valence-electron chi connectivity index (χ3n) is 2.40. The highest BCUT2D eigenvalue weighted by atomic mass is 32.1. The zero-order valence-electron chi connectivity index (χ0n) is 9.80. The second-order valence-corrected chi connectivity index (χ2v) is 4.79. The van der Waals surface area contributed by atoms with Gasteiger partial charge in [-0.05, 0) is 25.1 Å². The van der Waals surface area contributed by atoms with Gasteiger partial charge in [0.25, 0.3) is 0 Å². The molecule has 0 atom stereocenters. The number of aromatic nitrogens is 1. The third-order valence-corrected chi connectivity index (χ3v) is 3.36. The van der Waals surface area contributed by atoms with Crippen molar-refractivity contribution >= 4 is 28.7 Å². The number of nitrogen functional groups attached to an aromatic ring is 1. The van der Waals surface area contributed by atoms with Gasteiger partial charge in [0.1, 0.15) is 5.01 Å². The average molecular weight is 263 g/mol. The predicted molar refractivity (Wildman–Crippen MR) is 72.0 cm³/mol. The number of nitrogens with two attached hydrogens (primary N) is 1. The van der Waals surface area contributed by atoms with Crippen molar-refractivity contribution in [1.29, 1.82) is 0 Å². The molecule has 0 unspecified atom stereocenters. The number of hydrogen-bond acceptors (Lipinski definition) is 5. The fraction of sp³-hybridized carbons (Fsp3) is 0.167. The number of anilines is 2. The molecule has 2 rings (SSSR count). The maximum Gasteiger partial charge on any atom is 0.335 e. The molecular formula is C12H13N3O2S. The normalized spacial score (nSPS) is 10.3. The van der Waals surface area contributed by atoms with Gasteiger partial charge in [0, 0.05) is 11.1 Å². The molecule has 0 aliphatic heterocycles. The van der Waals surface area contributed by atoms with Crippen LogP contribution < -0.4 is 11.1 Å². The molecule has 1 heterocycles. The number of nitrogens with zero attached hydrogens (tertiary/aromatic N) is 1. The minimum atomic E-state index is -0.969. The van der Waals surface area contributed by atoms with Crippen molar-refractivity contribution in [3.05, 3.63) is 39.8 Å². The molecule has 4 N–H and O–H groups in total. The van der Waals surface area contributed by atoms with Crippen LogP contribution in [0.4, 0.5) is 11.4 Å². The van der Waals surface area contributed by atoms with Gasteiger partial charge in [-0.15, -0.1) is 11.3 Å². The number of nitrogens with one attached hydrogen (secondary N) is 1. The van der Waals surface area contributed by atoms with E-state index in [4.69, 9.17) is 10.8 Å². The molecule has 5 nitrogen and oxygen atoms in total. The molecule has 0 spiro atoms. The summed E-state index contributed by atoms with van der Waals surface area (Å²) in [6.07, 6.45) is 0.